The molecule has 1 fully saturated rings. The molecule has 0 aromatic carbocycles. The van der Waals surface area contributed by atoms with Crippen LogP contribution in [0.2, 0.25) is 0 Å². The SMILES string of the molecule is B#[SH]1SC1C(C)C. The van der Waals surface area contributed by atoms with Crippen molar-refractivity contribution in [2.45, 2.75) is 18.4 Å². The molecule has 0 radical (unpaired) electrons. The summed E-state index contributed by atoms with van der Waals surface area (Å²) in [6, 6.07) is 0. The summed E-state index contributed by atoms with van der Waals surface area (Å²) < 4.78 is 0.829. The topological polar surface area (TPSA) is 0 Å². The van der Waals surface area contributed by atoms with E-state index in [1.807, 2.05) is 10.8 Å². The van der Waals surface area contributed by atoms with Crippen molar-refractivity contribution < 1.29 is 0 Å². The summed E-state index contributed by atoms with van der Waals surface area (Å²) in [5.41, 5.74) is 0. The van der Waals surface area contributed by atoms with Crippen molar-refractivity contribution in [1.29, 1.82) is 0 Å². The first kappa shape index (κ1) is 5.89. The van der Waals surface area contributed by atoms with E-state index < -0.39 is 0 Å². The van der Waals surface area contributed by atoms with Gasteiger partial charge in [0.05, 0.1) is 0 Å². The second kappa shape index (κ2) is 1.94. The van der Waals surface area contributed by atoms with Gasteiger partial charge < -0.3 is 0 Å². The first-order valence-corrected chi connectivity index (χ1v) is 5.39. The van der Waals surface area contributed by atoms with E-state index >= 15 is 0 Å². The molecule has 1 saturated heterocycles. The number of thiol groups is 1. The summed E-state index contributed by atoms with van der Waals surface area (Å²) in [6.07, 6.45) is 0. The zero-order valence-electron chi connectivity index (χ0n) is 4.59. The summed E-state index contributed by atoms with van der Waals surface area (Å²) >= 11 is 0. The van der Waals surface area contributed by atoms with E-state index in [9.17, 15) is 0 Å². The third-order valence-electron chi connectivity index (χ3n) is 1.01. The monoisotopic (exact) mass is 132 g/mol. The molecule has 3 heteroatoms. The van der Waals surface area contributed by atoms with Crippen molar-refractivity contribution in [1.82, 2.24) is 0 Å². The Hall–Kier alpha value is 0.765. The van der Waals surface area contributed by atoms with Gasteiger partial charge in [-0.05, 0) is 0 Å². The number of hydrogen-bond donors (Lipinski definition) is 1. The van der Waals surface area contributed by atoms with Crippen molar-refractivity contribution in [3.63, 3.8) is 0 Å². The molecular formula is C4H9BS2. The number of rotatable bonds is 1. The van der Waals surface area contributed by atoms with Gasteiger partial charge in [0.2, 0.25) is 0 Å². The van der Waals surface area contributed by atoms with Crippen LogP contribution in [0.3, 0.4) is 0 Å². The van der Waals surface area contributed by atoms with Crippen LogP contribution in [0, 0.1) is 5.92 Å². The molecule has 0 N–H and O–H groups in total. The fourth-order valence-electron chi connectivity index (χ4n) is 0.513. The Morgan fingerprint density at radius 1 is 1.71 bits per heavy atom. The molecule has 0 aliphatic carbocycles. The molecule has 0 amide bonds. The Kier molecular flexibility index (Phi) is 1.63. The minimum atomic E-state index is -0.0566. The van der Waals surface area contributed by atoms with Crippen molar-refractivity contribution in [2.75, 3.05) is 0 Å². The zero-order chi connectivity index (χ0) is 5.44. The molecule has 1 aliphatic heterocycles. The van der Waals surface area contributed by atoms with E-state index in [1.165, 1.54) is 0 Å². The summed E-state index contributed by atoms with van der Waals surface area (Å²) in [7, 11) is 1.89. The zero-order valence-corrected chi connectivity index (χ0v) is 6.30. The molecule has 0 nitrogen and oxygen atoms in total. The van der Waals surface area contributed by atoms with Crippen LogP contribution in [0.1, 0.15) is 13.8 Å². The van der Waals surface area contributed by atoms with Gasteiger partial charge in [0, 0.05) is 0 Å². The average molecular weight is 132 g/mol. The van der Waals surface area contributed by atoms with Gasteiger partial charge in [-0.15, -0.1) is 0 Å². The average Bonchev–Trinajstić information content (AvgIpc) is 2.17. The fraction of sp³-hybridized carbons (Fsp3) is 1.00. The molecule has 1 aliphatic rings. The molecule has 2 unspecified atom stereocenters. The summed E-state index contributed by atoms with van der Waals surface area (Å²) in [5, 5.41) is 0. The van der Waals surface area contributed by atoms with Crippen LogP contribution in [-0.4, -0.2) is 11.1 Å². The molecular weight excluding hydrogens is 123 g/mol. The van der Waals surface area contributed by atoms with Gasteiger partial charge in [0.25, 0.3) is 0 Å². The number of hydrogen-bond acceptors (Lipinski definition) is 1. The second-order valence-corrected chi connectivity index (χ2v) is 6.34. The first-order valence-electron chi connectivity index (χ1n) is 2.42. The van der Waals surface area contributed by atoms with Crippen molar-refractivity contribution in [2.24, 2.45) is 5.92 Å². The fourth-order valence-corrected chi connectivity index (χ4v) is 4.07. The summed E-state index contributed by atoms with van der Waals surface area (Å²) in [6.45, 7) is 10.1. The van der Waals surface area contributed by atoms with Crippen LogP contribution >= 0.6 is 20.0 Å². The Morgan fingerprint density at radius 2 is 2.14 bits per heavy atom. The molecule has 1 rings (SSSR count). The van der Waals surface area contributed by atoms with Crippen molar-refractivity contribution in [3.05, 3.63) is 0 Å². The predicted molar refractivity (Wildman–Crippen MR) is 41.0 cm³/mol. The van der Waals surface area contributed by atoms with Crippen molar-refractivity contribution in [3.8, 4) is 0 Å². The quantitative estimate of drug-likeness (QED) is 0.245. The second-order valence-electron chi connectivity index (χ2n) is 2.10. The van der Waals surface area contributed by atoms with E-state index in [1.54, 1.807) is 0 Å². The molecule has 0 spiro atoms. The van der Waals surface area contributed by atoms with Gasteiger partial charge in [-0.1, -0.05) is 0 Å². The maximum absolute atomic E-state index is 5.60. The molecule has 2 atom stereocenters. The normalized spacial score (nSPS) is 39.6. The minimum absolute atomic E-state index is 0.0566. The van der Waals surface area contributed by atoms with Crippen LogP contribution in [0.15, 0.2) is 0 Å². The molecule has 0 bridgehead atoms. The maximum atomic E-state index is 5.60. The molecule has 0 aromatic heterocycles. The van der Waals surface area contributed by atoms with E-state index in [0.717, 1.165) is 10.5 Å². The van der Waals surface area contributed by atoms with Crippen LogP contribution in [-0.2, 0) is 0 Å². The summed E-state index contributed by atoms with van der Waals surface area (Å²) in [5.74, 6) is 0.807. The molecule has 40 valence electrons. The Labute approximate surface area is 51.3 Å². The Morgan fingerprint density at radius 3 is 2.14 bits per heavy atom. The van der Waals surface area contributed by atoms with E-state index in [-0.39, 0.29) is 9.16 Å². The van der Waals surface area contributed by atoms with Gasteiger partial charge >= 0.3 is 50.8 Å². The Balaban J connectivity index is 2.38. The standard InChI is InChI=1S/C4H9BS2/c1-3(2)4-6-7(4)5/h3-4,7H,1-2H3. The van der Waals surface area contributed by atoms with Gasteiger partial charge in [-0.25, -0.2) is 0 Å². The molecule has 1 heterocycles. The predicted octanol–water partition coefficient (Wildman–Crippen LogP) is 1.71. The van der Waals surface area contributed by atoms with Crippen LogP contribution in [0.5, 0.6) is 0 Å². The van der Waals surface area contributed by atoms with Gasteiger partial charge in [0.1, 0.15) is 0 Å². The third-order valence-corrected chi connectivity index (χ3v) is 5.11. The molecule has 0 aromatic rings. The van der Waals surface area contributed by atoms with E-state index in [4.69, 9.17) is 6.53 Å². The van der Waals surface area contributed by atoms with Crippen LogP contribution in [0.4, 0.5) is 0 Å². The van der Waals surface area contributed by atoms with Crippen LogP contribution < -0.4 is 0 Å². The van der Waals surface area contributed by atoms with Gasteiger partial charge in [-0.3, -0.25) is 0 Å². The van der Waals surface area contributed by atoms with Crippen molar-refractivity contribution >= 4 is 26.5 Å². The van der Waals surface area contributed by atoms with Gasteiger partial charge in [-0.2, -0.15) is 0 Å². The third kappa shape index (κ3) is 1.33. The molecule has 7 heavy (non-hydrogen) atoms. The van der Waals surface area contributed by atoms with E-state index in [2.05, 4.69) is 13.8 Å². The Bertz CT molecular complexity index is 132. The van der Waals surface area contributed by atoms with Crippen LogP contribution in [0.25, 0.3) is 0 Å². The first-order chi connectivity index (χ1) is 3.22. The van der Waals surface area contributed by atoms with E-state index in [0.29, 0.717) is 0 Å². The molecule has 0 saturated carbocycles. The van der Waals surface area contributed by atoms with Gasteiger partial charge in [0.15, 0.2) is 0 Å². The summed E-state index contributed by atoms with van der Waals surface area (Å²) in [4.78, 5) is 0.